The van der Waals surface area contributed by atoms with E-state index in [1.165, 1.54) is 19.5 Å². The second-order valence-corrected chi connectivity index (χ2v) is 14.1. The Morgan fingerprint density at radius 2 is 1.29 bits per heavy atom. The molecule has 2 amide bonds. The van der Waals surface area contributed by atoms with Crippen LogP contribution in [-0.4, -0.2) is 114 Å². The van der Waals surface area contributed by atoms with Crippen LogP contribution >= 0.6 is 0 Å². The van der Waals surface area contributed by atoms with Crippen LogP contribution in [0.1, 0.15) is 70.6 Å². The minimum Gasteiger partial charge on any atom is -0.486 e. The molecule has 2 unspecified atom stereocenters. The highest BCUT2D eigenvalue weighted by Crippen LogP contribution is 2.18. The van der Waals surface area contributed by atoms with Crippen LogP contribution in [0.3, 0.4) is 0 Å². The first-order valence-electron chi connectivity index (χ1n) is 18.7. The van der Waals surface area contributed by atoms with Crippen LogP contribution in [0.2, 0.25) is 0 Å². The van der Waals surface area contributed by atoms with Gasteiger partial charge in [0.25, 0.3) is 11.8 Å². The number of hydrogen-bond acceptors (Lipinski definition) is 15. The minimum absolute atomic E-state index is 0.0601. The molecule has 0 fully saturated rings. The fourth-order valence-corrected chi connectivity index (χ4v) is 4.92. The van der Waals surface area contributed by atoms with Gasteiger partial charge in [-0.25, -0.2) is 9.97 Å². The molecule has 0 aliphatic carbocycles. The third-order valence-corrected chi connectivity index (χ3v) is 8.55. The van der Waals surface area contributed by atoms with Crippen molar-refractivity contribution in [1.82, 2.24) is 36.2 Å². The smallest absolute Gasteiger partial charge is 0.252 e. The summed E-state index contributed by atoms with van der Waals surface area (Å²) in [6, 6.07) is 1.41. The van der Waals surface area contributed by atoms with Crippen LogP contribution in [0.25, 0.3) is 0 Å². The second kappa shape index (κ2) is 24.4. The number of methoxy groups -OCH3 is 1. The number of guanidine groups is 2. The van der Waals surface area contributed by atoms with E-state index in [1.54, 1.807) is 66.1 Å². The van der Waals surface area contributed by atoms with Gasteiger partial charge >= 0.3 is 0 Å². The molecule has 2 atom stereocenters. The maximum absolute atomic E-state index is 13.5. The van der Waals surface area contributed by atoms with Gasteiger partial charge in [0.2, 0.25) is 11.9 Å². The number of Topliss-reactive ketones (excluding diaryl/α,β-unsaturated/α-hetero) is 2. The maximum Gasteiger partial charge on any atom is 0.252 e. The molecular formula is C38H55N13O8. The summed E-state index contributed by atoms with van der Waals surface area (Å²) in [5, 5.41) is 27.3. The van der Waals surface area contributed by atoms with E-state index in [0.717, 1.165) is 0 Å². The molecule has 21 nitrogen and oxygen atoms in total. The van der Waals surface area contributed by atoms with Crippen molar-refractivity contribution < 1.29 is 38.1 Å². The molecule has 0 spiro atoms. The molecule has 2 aromatic rings. The Balaban J connectivity index is 2.06. The number of pyridine rings is 1. The third-order valence-electron chi connectivity index (χ3n) is 8.55. The van der Waals surface area contributed by atoms with Crippen LogP contribution in [0.5, 0.6) is 11.5 Å². The number of carbonyl (C=O) groups excluding carboxylic acids is 4. The summed E-state index contributed by atoms with van der Waals surface area (Å²) < 4.78 is 22.7. The summed E-state index contributed by atoms with van der Waals surface area (Å²) in [5.41, 5.74) is 9.78. The lowest BCUT2D eigenvalue weighted by atomic mass is 10.0. The second-order valence-electron chi connectivity index (χ2n) is 14.1. The number of nitrogens with one attached hydrogen (secondary N) is 4. The Bertz CT molecular complexity index is 1870. The van der Waals surface area contributed by atoms with Crippen molar-refractivity contribution in [2.45, 2.75) is 96.9 Å². The lowest BCUT2D eigenvalue weighted by Crippen LogP contribution is -2.52. The molecule has 0 aliphatic rings. The molecule has 2 rings (SSSR count). The SMILES string of the molecule is COC(C)(C)C(=O)NC(CCCN=C(N)NC#N)C(=O)COc1cc(C)nc(CCOC(C)(C)C(=O)NC(CCCN=C(N)NC#N)C(=O)COc2cnc(C)nc2)c1. The highest BCUT2D eigenvalue weighted by atomic mass is 16.5. The van der Waals surface area contributed by atoms with Gasteiger partial charge in [0, 0.05) is 50.1 Å². The summed E-state index contributed by atoms with van der Waals surface area (Å²) in [6.07, 6.45) is 7.62. The highest BCUT2D eigenvalue weighted by Gasteiger charge is 2.33. The largest absolute Gasteiger partial charge is 0.486 e. The van der Waals surface area contributed by atoms with E-state index in [2.05, 4.69) is 46.2 Å². The molecule has 8 N–H and O–H groups in total. The molecule has 21 heteroatoms. The molecule has 0 bridgehead atoms. The van der Waals surface area contributed by atoms with Gasteiger partial charge in [-0.05, 0) is 67.2 Å². The van der Waals surface area contributed by atoms with Crippen molar-refractivity contribution in [3.8, 4) is 23.9 Å². The number of amides is 2. The molecule has 320 valence electrons. The molecule has 59 heavy (non-hydrogen) atoms. The minimum atomic E-state index is -1.38. The number of rotatable bonds is 25. The molecule has 0 aromatic carbocycles. The predicted octanol–water partition coefficient (Wildman–Crippen LogP) is 0.148. The van der Waals surface area contributed by atoms with Crippen molar-refractivity contribution in [2.75, 3.05) is 40.0 Å². The van der Waals surface area contributed by atoms with Gasteiger partial charge in [0.15, 0.2) is 29.7 Å². The zero-order valence-electron chi connectivity index (χ0n) is 34.6. The Labute approximate surface area is 343 Å². The molecule has 0 saturated carbocycles. The van der Waals surface area contributed by atoms with Gasteiger partial charge in [-0.3, -0.25) is 44.8 Å². The molecule has 2 heterocycles. The van der Waals surface area contributed by atoms with Gasteiger partial charge in [0.05, 0.1) is 31.1 Å². The number of carbonyl (C=O) groups is 4. The van der Waals surface area contributed by atoms with Gasteiger partial charge in [-0.1, -0.05) is 0 Å². The average Bonchev–Trinajstić information content (AvgIpc) is 3.18. The number of aromatic nitrogens is 3. The molecular weight excluding hydrogens is 767 g/mol. The number of ketones is 2. The zero-order chi connectivity index (χ0) is 44.0. The van der Waals surface area contributed by atoms with E-state index in [9.17, 15) is 19.2 Å². The first kappa shape index (κ1) is 48.7. The fourth-order valence-electron chi connectivity index (χ4n) is 4.92. The first-order chi connectivity index (χ1) is 27.9. The number of ether oxygens (including phenoxy) is 4. The summed E-state index contributed by atoms with van der Waals surface area (Å²) in [5.74, 6) is -0.791. The van der Waals surface area contributed by atoms with E-state index >= 15 is 0 Å². The van der Waals surface area contributed by atoms with Crippen molar-refractivity contribution in [1.29, 1.82) is 10.5 Å². The molecule has 0 aliphatic heterocycles. The number of nitrogens with two attached hydrogens (primary N) is 2. The van der Waals surface area contributed by atoms with Crippen LogP contribution < -0.4 is 42.2 Å². The summed E-state index contributed by atoms with van der Waals surface area (Å²) in [6.45, 7) is 9.48. The predicted molar refractivity (Wildman–Crippen MR) is 214 cm³/mol. The lowest BCUT2D eigenvalue weighted by molar-refractivity contribution is -0.145. The van der Waals surface area contributed by atoms with Crippen LogP contribution in [0.4, 0.5) is 0 Å². The van der Waals surface area contributed by atoms with E-state index in [4.69, 9.17) is 40.9 Å². The van der Waals surface area contributed by atoms with Gasteiger partial charge in [-0.2, -0.15) is 10.5 Å². The summed E-state index contributed by atoms with van der Waals surface area (Å²) in [4.78, 5) is 73.6. The Hall–Kier alpha value is -6.45. The molecule has 2 aromatic heterocycles. The van der Waals surface area contributed by atoms with Crippen LogP contribution in [0, 0.1) is 36.8 Å². The Morgan fingerprint density at radius 1 is 0.797 bits per heavy atom. The number of aliphatic imine (C=N–C) groups is 2. The maximum atomic E-state index is 13.5. The van der Waals surface area contributed by atoms with Gasteiger partial charge in [0.1, 0.15) is 36.0 Å². The Morgan fingerprint density at radius 3 is 1.78 bits per heavy atom. The fraction of sp³-hybridized carbons (Fsp3) is 0.553. The van der Waals surface area contributed by atoms with Crippen molar-refractivity contribution in [2.24, 2.45) is 21.5 Å². The topological polar surface area (TPSA) is 316 Å². The van der Waals surface area contributed by atoms with Crippen molar-refractivity contribution in [3.05, 3.63) is 41.7 Å². The number of hydrogen-bond donors (Lipinski definition) is 6. The van der Waals surface area contributed by atoms with Crippen LogP contribution in [-0.2, 0) is 35.1 Å². The summed E-state index contributed by atoms with van der Waals surface area (Å²) >= 11 is 0. The monoisotopic (exact) mass is 821 g/mol. The van der Waals surface area contributed by atoms with E-state index in [0.29, 0.717) is 35.8 Å². The summed E-state index contributed by atoms with van der Waals surface area (Å²) in [7, 11) is 1.39. The molecule has 0 radical (unpaired) electrons. The van der Waals surface area contributed by atoms with Gasteiger partial charge in [-0.15, -0.1) is 0 Å². The molecule has 0 saturated heterocycles. The van der Waals surface area contributed by atoms with E-state index in [1.807, 2.05) is 0 Å². The average molecular weight is 822 g/mol. The normalized spacial score (nSPS) is 12.9. The third kappa shape index (κ3) is 18.1. The quantitative estimate of drug-likeness (QED) is 0.0255. The highest BCUT2D eigenvalue weighted by molar-refractivity contribution is 5.93. The Kier molecular flexibility index (Phi) is 20.1. The van der Waals surface area contributed by atoms with E-state index in [-0.39, 0.29) is 69.8 Å². The van der Waals surface area contributed by atoms with Crippen molar-refractivity contribution in [3.63, 3.8) is 0 Å². The van der Waals surface area contributed by atoms with Crippen LogP contribution in [0.15, 0.2) is 34.5 Å². The number of nitriles is 2. The number of nitrogens with zero attached hydrogens (tertiary/aromatic N) is 7. The standard InChI is InChI=1S/C38H55N13O8/c1-24-16-27(57-20-31(52)29(50-33(54)37(3,4)56-7)10-8-13-43-35(41)47-22-39)17-26(49-24)12-15-59-38(5,6)34(55)51-30(11-9-14-44-36(42)48-23-40)32(53)21-58-28-18-45-25(2)46-19-28/h16-19,29-30H,8-15,20-21H2,1-7H3,(H,50,54)(H,51,55)(H3,41,43,47)(H3,42,44,48). The van der Waals surface area contributed by atoms with Crippen molar-refractivity contribution >= 4 is 35.3 Å². The number of aryl methyl sites for hydroxylation is 2. The van der Waals surface area contributed by atoms with Gasteiger partial charge < -0.3 is 41.0 Å². The van der Waals surface area contributed by atoms with E-state index < -0.39 is 46.7 Å². The first-order valence-corrected chi connectivity index (χ1v) is 18.7. The zero-order valence-corrected chi connectivity index (χ0v) is 34.6. The lowest BCUT2D eigenvalue weighted by Gasteiger charge is -2.27.